The highest BCUT2D eigenvalue weighted by Crippen LogP contribution is 2.24. The van der Waals surface area contributed by atoms with Gasteiger partial charge in [-0.3, -0.25) is 0 Å². The Morgan fingerprint density at radius 3 is 2.13 bits per heavy atom. The number of nitrogens with zero attached hydrogens (tertiary/aromatic N) is 1. The van der Waals surface area contributed by atoms with Crippen molar-refractivity contribution in [1.82, 2.24) is 4.31 Å². The molecular formula is C17H19NO4S. The summed E-state index contributed by atoms with van der Waals surface area (Å²) in [5, 5.41) is 0. The van der Waals surface area contributed by atoms with E-state index in [4.69, 9.17) is 4.74 Å². The van der Waals surface area contributed by atoms with Crippen molar-refractivity contribution in [3.63, 3.8) is 0 Å². The van der Waals surface area contributed by atoms with Gasteiger partial charge in [-0.25, -0.2) is 17.5 Å². The topological polar surface area (TPSA) is 63.7 Å². The van der Waals surface area contributed by atoms with Gasteiger partial charge >= 0.3 is 5.97 Å². The van der Waals surface area contributed by atoms with Crippen LogP contribution in [0.1, 0.15) is 21.5 Å². The molecule has 0 saturated carbocycles. The zero-order valence-electron chi connectivity index (χ0n) is 13.5. The van der Waals surface area contributed by atoms with Crippen molar-refractivity contribution >= 4 is 16.0 Å². The molecule has 0 fully saturated rings. The zero-order chi connectivity index (χ0) is 17.2. The number of para-hydroxylation sites is 1. The number of rotatable bonds is 4. The molecule has 0 aliphatic rings. The average Bonchev–Trinajstić information content (AvgIpc) is 2.51. The van der Waals surface area contributed by atoms with E-state index in [1.54, 1.807) is 0 Å². The summed E-state index contributed by atoms with van der Waals surface area (Å²) in [5.74, 6) is -0.0865. The fourth-order valence-corrected chi connectivity index (χ4v) is 3.05. The Bertz CT molecular complexity index is 821. The van der Waals surface area contributed by atoms with Gasteiger partial charge in [-0.1, -0.05) is 24.3 Å². The lowest BCUT2D eigenvalue weighted by Crippen LogP contribution is -2.22. The lowest BCUT2D eigenvalue weighted by atomic mass is 10.1. The van der Waals surface area contributed by atoms with Crippen LogP contribution in [0.15, 0.2) is 47.4 Å². The molecule has 23 heavy (non-hydrogen) atoms. The van der Waals surface area contributed by atoms with Crippen LogP contribution in [-0.2, 0) is 10.0 Å². The first-order chi connectivity index (χ1) is 10.7. The number of benzene rings is 2. The van der Waals surface area contributed by atoms with Crippen LogP contribution in [0.3, 0.4) is 0 Å². The number of hydrogen-bond donors (Lipinski definition) is 0. The highest BCUT2D eigenvalue weighted by molar-refractivity contribution is 7.89. The molecular weight excluding hydrogens is 314 g/mol. The van der Waals surface area contributed by atoms with E-state index in [2.05, 4.69) is 0 Å². The molecule has 0 amide bonds. The van der Waals surface area contributed by atoms with E-state index in [9.17, 15) is 13.2 Å². The Hall–Kier alpha value is -2.18. The number of hydrogen-bond acceptors (Lipinski definition) is 4. The van der Waals surface area contributed by atoms with Crippen molar-refractivity contribution in [2.24, 2.45) is 0 Å². The molecule has 0 spiro atoms. The first-order valence-corrected chi connectivity index (χ1v) is 8.48. The van der Waals surface area contributed by atoms with Crippen LogP contribution in [0.2, 0.25) is 0 Å². The number of sulfonamides is 1. The molecule has 5 nitrogen and oxygen atoms in total. The molecule has 0 aliphatic carbocycles. The second-order valence-corrected chi connectivity index (χ2v) is 7.58. The van der Waals surface area contributed by atoms with Crippen LogP contribution in [0.25, 0.3) is 0 Å². The van der Waals surface area contributed by atoms with E-state index < -0.39 is 16.0 Å². The lowest BCUT2D eigenvalue weighted by Gasteiger charge is -2.13. The molecule has 122 valence electrons. The summed E-state index contributed by atoms with van der Waals surface area (Å²) in [7, 11) is -0.714. The lowest BCUT2D eigenvalue weighted by molar-refractivity contribution is 0.0732. The number of carbonyl (C=O) groups is 1. The van der Waals surface area contributed by atoms with Gasteiger partial charge in [-0.15, -0.1) is 0 Å². The summed E-state index contributed by atoms with van der Waals surface area (Å²) in [6, 6.07) is 11.4. The second-order valence-electron chi connectivity index (χ2n) is 5.43. The number of carbonyl (C=O) groups excluding carboxylic acids is 1. The van der Waals surface area contributed by atoms with Crippen LogP contribution in [0, 0.1) is 13.8 Å². The number of ether oxygens (including phenoxy) is 1. The van der Waals surface area contributed by atoms with Gasteiger partial charge in [0.15, 0.2) is 0 Å². The van der Waals surface area contributed by atoms with Crippen molar-refractivity contribution in [2.45, 2.75) is 18.7 Å². The monoisotopic (exact) mass is 333 g/mol. The van der Waals surface area contributed by atoms with Gasteiger partial charge < -0.3 is 4.74 Å². The minimum atomic E-state index is -3.60. The van der Waals surface area contributed by atoms with Gasteiger partial charge in [0, 0.05) is 14.1 Å². The standard InChI is InChI=1S/C17H19NO4S/c1-12-7-5-8-13(2)16(12)22-17(19)14-9-6-10-15(11-14)23(20,21)18(3)4/h5-11H,1-4H3. The smallest absolute Gasteiger partial charge is 0.343 e. The molecule has 0 aromatic heterocycles. The summed E-state index contributed by atoms with van der Waals surface area (Å²) >= 11 is 0. The van der Waals surface area contributed by atoms with Gasteiger partial charge in [-0.05, 0) is 43.2 Å². The van der Waals surface area contributed by atoms with E-state index >= 15 is 0 Å². The quantitative estimate of drug-likeness (QED) is 0.637. The zero-order valence-corrected chi connectivity index (χ0v) is 14.3. The normalized spacial score (nSPS) is 11.5. The summed E-state index contributed by atoms with van der Waals surface area (Å²) in [4.78, 5) is 12.4. The highest BCUT2D eigenvalue weighted by atomic mass is 32.2. The fraction of sp³-hybridized carbons (Fsp3) is 0.235. The third-order valence-corrected chi connectivity index (χ3v) is 5.26. The van der Waals surface area contributed by atoms with Crippen LogP contribution >= 0.6 is 0 Å². The van der Waals surface area contributed by atoms with Crippen molar-refractivity contribution in [1.29, 1.82) is 0 Å². The molecule has 0 saturated heterocycles. The Morgan fingerprint density at radius 2 is 1.57 bits per heavy atom. The number of aryl methyl sites for hydroxylation is 2. The van der Waals surface area contributed by atoms with Crippen LogP contribution in [0.5, 0.6) is 5.75 Å². The summed E-state index contributed by atoms with van der Waals surface area (Å²) in [6.45, 7) is 3.70. The maximum atomic E-state index is 12.3. The first kappa shape index (κ1) is 17.2. The Kier molecular flexibility index (Phi) is 4.87. The van der Waals surface area contributed by atoms with Gasteiger partial charge in [0.05, 0.1) is 10.5 Å². The predicted molar refractivity (Wildman–Crippen MR) is 88.2 cm³/mol. The molecule has 0 N–H and O–H groups in total. The first-order valence-electron chi connectivity index (χ1n) is 7.04. The van der Waals surface area contributed by atoms with Crippen LogP contribution < -0.4 is 4.74 Å². The van der Waals surface area contributed by atoms with Crippen molar-refractivity contribution in [3.05, 3.63) is 59.2 Å². The van der Waals surface area contributed by atoms with Crippen molar-refractivity contribution < 1.29 is 17.9 Å². The summed E-state index contributed by atoms with van der Waals surface area (Å²) in [6.07, 6.45) is 0. The van der Waals surface area contributed by atoms with E-state index in [-0.39, 0.29) is 10.5 Å². The minimum Gasteiger partial charge on any atom is -0.422 e. The highest BCUT2D eigenvalue weighted by Gasteiger charge is 2.20. The molecule has 0 unspecified atom stereocenters. The summed E-state index contributed by atoms with van der Waals surface area (Å²) < 4.78 is 30.8. The molecule has 0 heterocycles. The van der Waals surface area contributed by atoms with Crippen molar-refractivity contribution in [2.75, 3.05) is 14.1 Å². The Balaban J connectivity index is 2.35. The average molecular weight is 333 g/mol. The van der Waals surface area contributed by atoms with Crippen LogP contribution in [0.4, 0.5) is 0 Å². The van der Waals surface area contributed by atoms with Crippen LogP contribution in [-0.4, -0.2) is 32.8 Å². The second kappa shape index (κ2) is 6.52. The van der Waals surface area contributed by atoms with Gasteiger partial charge in [-0.2, -0.15) is 0 Å². The molecule has 0 radical (unpaired) electrons. The van der Waals surface area contributed by atoms with E-state index in [0.717, 1.165) is 15.4 Å². The van der Waals surface area contributed by atoms with Crippen molar-refractivity contribution in [3.8, 4) is 5.75 Å². The predicted octanol–water partition coefficient (Wildman–Crippen LogP) is 2.77. The molecule has 6 heteroatoms. The minimum absolute atomic E-state index is 0.0541. The van der Waals surface area contributed by atoms with E-state index in [0.29, 0.717) is 5.75 Å². The molecule has 0 atom stereocenters. The van der Waals surface area contributed by atoms with Gasteiger partial charge in [0.25, 0.3) is 0 Å². The number of esters is 1. The fourth-order valence-electron chi connectivity index (χ4n) is 2.11. The third-order valence-electron chi connectivity index (χ3n) is 3.45. The van der Waals surface area contributed by atoms with E-state index in [1.165, 1.54) is 38.4 Å². The molecule has 0 bridgehead atoms. The van der Waals surface area contributed by atoms with Gasteiger partial charge in [0.2, 0.25) is 10.0 Å². The summed E-state index contributed by atoms with van der Waals surface area (Å²) in [5.41, 5.74) is 1.88. The SMILES string of the molecule is Cc1cccc(C)c1OC(=O)c1cccc(S(=O)(=O)N(C)C)c1. The maximum absolute atomic E-state index is 12.3. The third kappa shape index (κ3) is 3.60. The molecule has 2 aromatic rings. The molecule has 2 aromatic carbocycles. The van der Waals surface area contributed by atoms with E-state index in [1.807, 2.05) is 32.0 Å². The largest absolute Gasteiger partial charge is 0.422 e. The maximum Gasteiger partial charge on any atom is 0.343 e. The van der Waals surface area contributed by atoms with Gasteiger partial charge in [0.1, 0.15) is 5.75 Å². The Morgan fingerprint density at radius 1 is 1.00 bits per heavy atom. The molecule has 0 aliphatic heterocycles. The molecule has 2 rings (SSSR count). The Labute approximate surface area is 136 Å².